The van der Waals surface area contributed by atoms with E-state index in [9.17, 15) is 4.79 Å². The summed E-state index contributed by atoms with van der Waals surface area (Å²) in [6, 6.07) is 12.7. The van der Waals surface area contributed by atoms with Crippen LogP contribution in [0.4, 0.5) is 16.6 Å². The lowest BCUT2D eigenvalue weighted by Gasteiger charge is -2.05. The maximum atomic E-state index is 12.2. The highest BCUT2D eigenvalue weighted by atomic mass is 32.1. The minimum absolute atomic E-state index is 0.274. The maximum Gasteiger partial charge on any atom is 0.275 e. The summed E-state index contributed by atoms with van der Waals surface area (Å²) >= 11 is 1.34. The van der Waals surface area contributed by atoms with E-state index in [1.807, 2.05) is 30.3 Å². The first-order valence-electron chi connectivity index (χ1n) is 6.83. The normalized spacial score (nSPS) is 10.1. The summed E-state index contributed by atoms with van der Waals surface area (Å²) in [5.41, 5.74) is 0.998. The molecule has 0 saturated carbocycles. The quantitative estimate of drug-likeness (QED) is 0.750. The van der Waals surface area contributed by atoms with Crippen molar-refractivity contribution in [3.05, 3.63) is 59.7 Å². The molecule has 0 bridgehead atoms. The number of anilines is 3. The lowest BCUT2D eigenvalue weighted by atomic mass is 10.3. The van der Waals surface area contributed by atoms with Crippen molar-refractivity contribution in [1.29, 1.82) is 0 Å². The smallest absolute Gasteiger partial charge is 0.275 e. The third-order valence-electron chi connectivity index (χ3n) is 2.96. The monoisotopic (exact) mass is 326 g/mol. The number of aromatic nitrogens is 2. The number of methoxy groups -OCH3 is 1. The van der Waals surface area contributed by atoms with Crippen molar-refractivity contribution in [2.75, 3.05) is 17.7 Å². The Morgan fingerprint density at radius 2 is 2.13 bits per heavy atom. The number of rotatable bonds is 5. The molecule has 0 saturated heterocycles. The van der Waals surface area contributed by atoms with Crippen LogP contribution in [-0.4, -0.2) is 23.0 Å². The molecule has 0 radical (unpaired) electrons. The molecule has 23 heavy (non-hydrogen) atoms. The van der Waals surface area contributed by atoms with Gasteiger partial charge in [0.1, 0.15) is 17.3 Å². The Hall–Kier alpha value is -2.93. The van der Waals surface area contributed by atoms with Gasteiger partial charge in [-0.3, -0.25) is 4.79 Å². The van der Waals surface area contributed by atoms with Crippen molar-refractivity contribution in [1.82, 2.24) is 9.97 Å². The summed E-state index contributed by atoms with van der Waals surface area (Å²) in [7, 11) is 1.58. The number of nitrogens with zero attached hydrogens (tertiary/aromatic N) is 2. The fraction of sp³-hybridized carbons (Fsp3) is 0.0625. The van der Waals surface area contributed by atoms with Crippen LogP contribution in [0, 0.1) is 0 Å². The molecule has 0 fully saturated rings. The summed E-state index contributed by atoms with van der Waals surface area (Å²) in [5, 5.41) is 8.16. The number of thiazole rings is 1. The first-order chi connectivity index (χ1) is 11.2. The van der Waals surface area contributed by atoms with Gasteiger partial charge >= 0.3 is 0 Å². The molecule has 2 N–H and O–H groups in total. The Morgan fingerprint density at radius 3 is 2.91 bits per heavy atom. The summed E-state index contributed by atoms with van der Waals surface area (Å²) < 4.78 is 5.13. The van der Waals surface area contributed by atoms with E-state index in [4.69, 9.17) is 4.74 Å². The van der Waals surface area contributed by atoms with Gasteiger partial charge in [-0.15, -0.1) is 11.3 Å². The zero-order valence-corrected chi connectivity index (χ0v) is 13.1. The summed E-state index contributed by atoms with van der Waals surface area (Å²) in [5.74, 6) is 1.09. The maximum absolute atomic E-state index is 12.2. The van der Waals surface area contributed by atoms with Crippen LogP contribution in [-0.2, 0) is 0 Å². The molecule has 1 aromatic carbocycles. The van der Waals surface area contributed by atoms with Crippen LogP contribution >= 0.6 is 11.3 Å². The van der Waals surface area contributed by atoms with E-state index in [1.165, 1.54) is 11.3 Å². The molecule has 0 aliphatic carbocycles. The molecule has 116 valence electrons. The van der Waals surface area contributed by atoms with Crippen molar-refractivity contribution in [2.45, 2.75) is 0 Å². The molecule has 2 aromatic heterocycles. The lowest BCUT2D eigenvalue weighted by molar-refractivity contribution is 0.102. The average Bonchev–Trinajstić information content (AvgIpc) is 3.04. The molecule has 1 amide bonds. The van der Waals surface area contributed by atoms with Crippen LogP contribution in [0.5, 0.6) is 5.75 Å². The zero-order valence-electron chi connectivity index (χ0n) is 12.3. The van der Waals surface area contributed by atoms with Crippen LogP contribution < -0.4 is 15.4 Å². The van der Waals surface area contributed by atoms with Crippen LogP contribution in [0.2, 0.25) is 0 Å². The highest BCUT2D eigenvalue weighted by Gasteiger charge is 2.11. The molecule has 2 heterocycles. The number of carbonyl (C=O) groups excluding carboxylic acids is 1. The topological polar surface area (TPSA) is 76.1 Å². The third kappa shape index (κ3) is 3.83. The van der Waals surface area contributed by atoms with E-state index in [-0.39, 0.29) is 5.91 Å². The van der Waals surface area contributed by atoms with E-state index < -0.39 is 0 Å². The summed E-state index contributed by atoms with van der Waals surface area (Å²) in [6.45, 7) is 0. The molecule has 0 unspecified atom stereocenters. The van der Waals surface area contributed by atoms with Crippen molar-refractivity contribution in [3.8, 4) is 5.75 Å². The first kappa shape index (κ1) is 15.0. The van der Waals surface area contributed by atoms with Gasteiger partial charge in [-0.05, 0) is 24.3 Å². The van der Waals surface area contributed by atoms with Gasteiger partial charge < -0.3 is 15.4 Å². The number of carbonyl (C=O) groups is 1. The van der Waals surface area contributed by atoms with Crippen LogP contribution in [0.15, 0.2) is 54.0 Å². The molecule has 0 aliphatic heterocycles. The lowest BCUT2D eigenvalue weighted by Crippen LogP contribution is -2.12. The second-order valence-electron chi connectivity index (χ2n) is 4.56. The molecule has 7 heteroatoms. The molecule has 3 aromatic rings. The molecule has 0 aliphatic rings. The third-order valence-corrected chi connectivity index (χ3v) is 3.72. The number of hydrogen-bond donors (Lipinski definition) is 2. The minimum atomic E-state index is -0.274. The van der Waals surface area contributed by atoms with Gasteiger partial charge in [0, 0.05) is 23.3 Å². The van der Waals surface area contributed by atoms with Gasteiger partial charge in [0.05, 0.1) is 7.11 Å². The fourth-order valence-corrected chi connectivity index (χ4v) is 2.58. The van der Waals surface area contributed by atoms with Crippen LogP contribution in [0.25, 0.3) is 0 Å². The SMILES string of the molecule is COc1cccc(NC(=O)c2csc(Nc3ccccn3)n2)c1. The minimum Gasteiger partial charge on any atom is -0.497 e. The molecule has 6 nitrogen and oxygen atoms in total. The number of pyridine rings is 1. The van der Waals surface area contributed by atoms with E-state index in [1.54, 1.807) is 30.8 Å². The second kappa shape index (κ2) is 6.89. The van der Waals surface area contributed by atoms with Crippen LogP contribution in [0.3, 0.4) is 0 Å². The Balaban J connectivity index is 1.68. The predicted molar refractivity (Wildman–Crippen MR) is 90.6 cm³/mol. The molecule has 0 spiro atoms. The molecule has 3 rings (SSSR count). The highest BCUT2D eigenvalue weighted by Crippen LogP contribution is 2.21. The largest absolute Gasteiger partial charge is 0.497 e. The van der Waals surface area contributed by atoms with Crippen molar-refractivity contribution in [2.24, 2.45) is 0 Å². The van der Waals surface area contributed by atoms with E-state index in [2.05, 4.69) is 20.6 Å². The number of amides is 1. The molecule has 0 atom stereocenters. The van der Waals surface area contributed by atoms with Gasteiger partial charge in [0.15, 0.2) is 5.13 Å². The van der Waals surface area contributed by atoms with Crippen molar-refractivity contribution >= 4 is 33.9 Å². The van der Waals surface area contributed by atoms with Gasteiger partial charge in [-0.2, -0.15) is 0 Å². The molecular weight excluding hydrogens is 312 g/mol. The predicted octanol–water partition coefficient (Wildman–Crippen LogP) is 3.54. The highest BCUT2D eigenvalue weighted by molar-refractivity contribution is 7.14. The van der Waals surface area contributed by atoms with Gasteiger partial charge in [0.2, 0.25) is 0 Å². The summed E-state index contributed by atoms with van der Waals surface area (Å²) in [6.07, 6.45) is 1.69. The molecular formula is C16H14N4O2S. The Bertz CT molecular complexity index is 805. The number of benzene rings is 1. The van der Waals surface area contributed by atoms with Crippen molar-refractivity contribution in [3.63, 3.8) is 0 Å². The standard InChI is InChI=1S/C16H14N4O2S/c1-22-12-6-4-5-11(9-12)18-15(21)13-10-23-16(19-13)20-14-7-2-3-8-17-14/h2-10H,1H3,(H,18,21)(H,17,19,20). The number of hydrogen-bond acceptors (Lipinski definition) is 6. The van der Waals surface area contributed by atoms with E-state index >= 15 is 0 Å². The first-order valence-corrected chi connectivity index (χ1v) is 7.71. The van der Waals surface area contributed by atoms with Gasteiger partial charge in [-0.1, -0.05) is 12.1 Å². The van der Waals surface area contributed by atoms with Crippen LogP contribution in [0.1, 0.15) is 10.5 Å². The van der Waals surface area contributed by atoms with Gasteiger partial charge in [0.25, 0.3) is 5.91 Å². The fourth-order valence-electron chi connectivity index (χ4n) is 1.88. The summed E-state index contributed by atoms with van der Waals surface area (Å²) in [4.78, 5) is 20.7. The van der Waals surface area contributed by atoms with E-state index in [0.29, 0.717) is 28.1 Å². The average molecular weight is 326 g/mol. The number of nitrogens with one attached hydrogen (secondary N) is 2. The van der Waals surface area contributed by atoms with Crippen molar-refractivity contribution < 1.29 is 9.53 Å². The number of ether oxygens (including phenoxy) is 1. The zero-order chi connectivity index (χ0) is 16.1. The Kier molecular flexibility index (Phi) is 4.49. The van der Waals surface area contributed by atoms with Gasteiger partial charge in [-0.25, -0.2) is 9.97 Å². The Morgan fingerprint density at radius 1 is 1.22 bits per heavy atom. The Labute approximate surface area is 137 Å². The van der Waals surface area contributed by atoms with E-state index in [0.717, 1.165) is 0 Å². The second-order valence-corrected chi connectivity index (χ2v) is 5.42.